The molecular weight excluding hydrogens is 188 g/mol. The molecule has 0 radical (unpaired) electrons. The minimum atomic E-state index is 0.251. The van der Waals surface area contributed by atoms with Gasteiger partial charge in [0.1, 0.15) is 0 Å². The maximum Gasteiger partial charge on any atom is 0.0949 e. The molecule has 0 fully saturated rings. The first-order valence-electron chi connectivity index (χ1n) is 5.57. The van der Waals surface area contributed by atoms with Gasteiger partial charge in [-0.05, 0) is 20.0 Å². The van der Waals surface area contributed by atoms with Gasteiger partial charge in [0.25, 0.3) is 0 Å². The molecule has 2 N–H and O–H groups in total. The van der Waals surface area contributed by atoms with Crippen molar-refractivity contribution in [1.82, 2.24) is 14.5 Å². The Morgan fingerprint density at radius 2 is 2.07 bits per heavy atom. The van der Waals surface area contributed by atoms with E-state index in [1.54, 1.807) is 0 Å². The molecule has 0 amide bonds. The first-order valence-corrected chi connectivity index (χ1v) is 5.57. The van der Waals surface area contributed by atoms with Gasteiger partial charge in [0.05, 0.1) is 18.1 Å². The largest absolute Gasteiger partial charge is 0.338 e. The highest BCUT2D eigenvalue weighted by atomic mass is 15.2. The fourth-order valence-corrected chi connectivity index (χ4v) is 1.93. The van der Waals surface area contributed by atoms with Gasteiger partial charge in [0, 0.05) is 19.3 Å². The molecule has 1 rings (SSSR count). The number of hydrogen-bond donors (Lipinski definition) is 1. The lowest BCUT2D eigenvalue weighted by atomic mass is 10.1. The third-order valence-electron chi connectivity index (χ3n) is 3.06. The van der Waals surface area contributed by atoms with E-state index in [4.69, 9.17) is 5.73 Å². The SMILES string of the molecule is CCN(CC)C(CN)c1ncn(C)c1C. The number of nitrogens with zero attached hydrogens (tertiary/aromatic N) is 3. The van der Waals surface area contributed by atoms with Crippen molar-refractivity contribution in [1.29, 1.82) is 0 Å². The Kier molecular flexibility index (Phi) is 4.29. The highest BCUT2D eigenvalue weighted by Crippen LogP contribution is 2.20. The summed E-state index contributed by atoms with van der Waals surface area (Å²) in [6.45, 7) is 9.05. The number of likely N-dealkylation sites (N-methyl/N-ethyl adjacent to an activating group) is 1. The van der Waals surface area contributed by atoms with Gasteiger partial charge in [-0.15, -0.1) is 0 Å². The average Bonchev–Trinajstić information content (AvgIpc) is 2.57. The molecule has 15 heavy (non-hydrogen) atoms. The monoisotopic (exact) mass is 210 g/mol. The summed E-state index contributed by atoms with van der Waals surface area (Å²) in [6, 6.07) is 0.251. The fourth-order valence-electron chi connectivity index (χ4n) is 1.93. The number of hydrogen-bond acceptors (Lipinski definition) is 3. The molecule has 0 bridgehead atoms. The van der Waals surface area contributed by atoms with E-state index < -0.39 is 0 Å². The first kappa shape index (κ1) is 12.2. The zero-order chi connectivity index (χ0) is 11.4. The quantitative estimate of drug-likeness (QED) is 0.791. The van der Waals surface area contributed by atoms with Crippen LogP contribution in [-0.2, 0) is 7.05 Å². The van der Waals surface area contributed by atoms with Gasteiger partial charge in [-0.2, -0.15) is 0 Å². The van der Waals surface area contributed by atoms with Gasteiger partial charge in [0.15, 0.2) is 0 Å². The van der Waals surface area contributed by atoms with Crippen LogP contribution >= 0.6 is 0 Å². The molecule has 0 aromatic carbocycles. The van der Waals surface area contributed by atoms with E-state index in [-0.39, 0.29) is 6.04 Å². The number of nitrogens with two attached hydrogens (primary N) is 1. The first-order chi connectivity index (χ1) is 7.15. The molecule has 1 aromatic heterocycles. The zero-order valence-electron chi connectivity index (χ0n) is 10.2. The van der Waals surface area contributed by atoms with Gasteiger partial charge >= 0.3 is 0 Å². The van der Waals surface area contributed by atoms with Crippen LogP contribution in [0.2, 0.25) is 0 Å². The van der Waals surface area contributed by atoms with E-state index in [9.17, 15) is 0 Å². The molecule has 0 saturated heterocycles. The van der Waals surface area contributed by atoms with Crippen molar-refractivity contribution in [2.45, 2.75) is 26.8 Å². The van der Waals surface area contributed by atoms with Crippen LogP contribution < -0.4 is 5.73 Å². The van der Waals surface area contributed by atoms with Crippen molar-refractivity contribution < 1.29 is 0 Å². The molecule has 4 nitrogen and oxygen atoms in total. The standard InChI is InChI=1S/C11H22N4/c1-5-15(6-2)10(7-12)11-9(3)14(4)8-13-11/h8,10H,5-7,12H2,1-4H3. The van der Waals surface area contributed by atoms with Crippen LogP contribution in [0.25, 0.3) is 0 Å². The maximum atomic E-state index is 5.84. The normalized spacial score (nSPS) is 13.5. The maximum absolute atomic E-state index is 5.84. The van der Waals surface area contributed by atoms with E-state index in [2.05, 4.69) is 30.7 Å². The van der Waals surface area contributed by atoms with Crippen molar-refractivity contribution in [3.05, 3.63) is 17.7 Å². The molecule has 4 heteroatoms. The molecule has 1 aromatic rings. The molecule has 1 heterocycles. The lowest BCUT2D eigenvalue weighted by molar-refractivity contribution is 0.219. The van der Waals surface area contributed by atoms with E-state index in [0.29, 0.717) is 6.54 Å². The molecule has 1 atom stereocenters. The topological polar surface area (TPSA) is 47.1 Å². The summed E-state index contributed by atoms with van der Waals surface area (Å²) in [5, 5.41) is 0. The van der Waals surface area contributed by atoms with Gasteiger partial charge < -0.3 is 10.3 Å². The van der Waals surface area contributed by atoms with E-state index in [0.717, 1.165) is 18.8 Å². The Morgan fingerprint density at radius 3 is 2.40 bits per heavy atom. The predicted molar refractivity (Wildman–Crippen MR) is 62.7 cm³/mol. The number of aromatic nitrogens is 2. The Morgan fingerprint density at radius 1 is 1.47 bits per heavy atom. The molecule has 86 valence electrons. The highest BCUT2D eigenvalue weighted by molar-refractivity contribution is 5.16. The molecule has 0 saturated carbocycles. The molecule has 0 aliphatic heterocycles. The van der Waals surface area contributed by atoms with Crippen molar-refractivity contribution in [3.63, 3.8) is 0 Å². The lowest BCUT2D eigenvalue weighted by Crippen LogP contribution is -2.34. The summed E-state index contributed by atoms with van der Waals surface area (Å²) in [7, 11) is 2.02. The van der Waals surface area contributed by atoms with Gasteiger partial charge in [-0.1, -0.05) is 13.8 Å². The summed E-state index contributed by atoms with van der Waals surface area (Å²) in [4.78, 5) is 6.79. The Labute approximate surface area is 92.1 Å². The van der Waals surface area contributed by atoms with Crippen molar-refractivity contribution >= 4 is 0 Å². The third-order valence-corrected chi connectivity index (χ3v) is 3.06. The summed E-state index contributed by atoms with van der Waals surface area (Å²) >= 11 is 0. The van der Waals surface area contributed by atoms with Gasteiger partial charge in [0.2, 0.25) is 0 Å². The Hall–Kier alpha value is -0.870. The second-order valence-electron chi connectivity index (χ2n) is 3.80. The van der Waals surface area contributed by atoms with Crippen LogP contribution in [-0.4, -0.2) is 34.1 Å². The third kappa shape index (κ3) is 2.38. The van der Waals surface area contributed by atoms with Crippen molar-refractivity contribution in [3.8, 4) is 0 Å². The van der Waals surface area contributed by atoms with Crippen LogP contribution in [0.3, 0.4) is 0 Å². The van der Waals surface area contributed by atoms with Crippen LogP contribution in [0, 0.1) is 6.92 Å². The molecular formula is C11H22N4. The fraction of sp³-hybridized carbons (Fsp3) is 0.727. The molecule has 1 unspecified atom stereocenters. The number of rotatable bonds is 5. The van der Waals surface area contributed by atoms with Crippen LogP contribution in [0.15, 0.2) is 6.33 Å². The summed E-state index contributed by atoms with van der Waals surface area (Å²) in [6.07, 6.45) is 1.86. The summed E-state index contributed by atoms with van der Waals surface area (Å²) in [5.74, 6) is 0. The summed E-state index contributed by atoms with van der Waals surface area (Å²) < 4.78 is 2.04. The zero-order valence-corrected chi connectivity index (χ0v) is 10.2. The smallest absolute Gasteiger partial charge is 0.0949 e. The van der Waals surface area contributed by atoms with Crippen molar-refractivity contribution in [2.24, 2.45) is 12.8 Å². The molecule has 0 aliphatic carbocycles. The molecule has 0 spiro atoms. The highest BCUT2D eigenvalue weighted by Gasteiger charge is 2.20. The second-order valence-corrected chi connectivity index (χ2v) is 3.80. The minimum Gasteiger partial charge on any atom is -0.338 e. The second kappa shape index (κ2) is 5.28. The number of imidazole rings is 1. The predicted octanol–water partition coefficient (Wildman–Crippen LogP) is 1.07. The van der Waals surface area contributed by atoms with E-state index >= 15 is 0 Å². The lowest BCUT2D eigenvalue weighted by Gasteiger charge is -2.27. The average molecular weight is 210 g/mol. The molecule has 0 aliphatic rings. The van der Waals surface area contributed by atoms with E-state index in [1.807, 2.05) is 17.9 Å². The Balaban J connectivity index is 2.96. The van der Waals surface area contributed by atoms with E-state index in [1.165, 1.54) is 5.69 Å². The minimum absolute atomic E-state index is 0.251. The van der Waals surface area contributed by atoms with Crippen LogP contribution in [0.4, 0.5) is 0 Å². The van der Waals surface area contributed by atoms with Crippen molar-refractivity contribution in [2.75, 3.05) is 19.6 Å². The van der Waals surface area contributed by atoms with Crippen LogP contribution in [0.1, 0.15) is 31.3 Å². The van der Waals surface area contributed by atoms with Crippen LogP contribution in [0.5, 0.6) is 0 Å². The number of aryl methyl sites for hydroxylation is 1. The van der Waals surface area contributed by atoms with Gasteiger partial charge in [-0.25, -0.2) is 4.98 Å². The summed E-state index contributed by atoms with van der Waals surface area (Å²) in [5.41, 5.74) is 8.16. The Bertz CT molecular complexity index is 302. The van der Waals surface area contributed by atoms with Gasteiger partial charge in [-0.3, -0.25) is 4.90 Å².